The van der Waals surface area contributed by atoms with Gasteiger partial charge in [0, 0.05) is 11.4 Å². The Morgan fingerprint density at radius 1 is 1.07 bits per heavy atom. The van der Waals surface area contributed by atoms with Crippen LogP contribution in [0, 0.1) is 0 Å². The topological polar surface area (TPSA) is 80.6 Å². The zero-order valence-electron chi connectivity index (χ0n) is 16.4. The van der Waals surface area contributed by atoms with Crippen LogP contribution in [0.1, 0.15) is 31.2 Å². The molecule has 0 unspecified atom stereocenters. The summed E-state index contributed by atoms with van der Waals surface area (Å²) in [6.07, 6.45) is 4.58. The Kier molecular flexibility index (Phi) is 5.51. The van der Waals surface area contributed by atoms with Crippen LogP contribution >= 0.6 is 0 Å². The summed E-state index contributed by atoms with van der Waals surface area (Å²) in [5.74, 6) is 0.458. The Balaban J connectivity index is 1.63. The fourth-order valence-corrected chi connectivity index (χ4v) is 3.80. The van der Waals surface area contributed by atoms with Crippen LogP contribution in [0.25, 0.3) is 11.0 Å². The van der Waals surface area contributed by atoms with Crippen LogP contribution in [0.2, 0.25) is 0 Å². The summed E-state index contributed by atoms with van der Waals surface area (Å²) in [5, 5.41) is 7.06. The highest BCUT2D eigenvalue weighted by molar-refractivity contribution is 6.02. The van der Waals surface area contributed by atoms with Crippen molar-refractivity contribution in [3.8, 4) is 5.75 Å². The first kappa shape index (κ1) is 19.1. The molecule has 1 saturated carbocycles. The van der Waals surface area contributed by atoms with E-state index >= 15 is 0 Å². The minimum atomic E-state index is -0.549. The molecule has 0 spiro atoms. The van der Waals surface area contributed by atoms with Gasteiger partial charge in [-0.1, -0.05) is 37.1 Å². The van der Waals surface area contributed by atoms with Crippen molar-refractivity contribution in [3.63, 3.8) is 0 Å². The van der Waals surface area contributed by atoms with E-state index in [1.54, 1.807) is 25.3 Å². The third kappa shape index (κ3) is 4.26. The Morgan fingerprint density at radius 2 is 1.79 bits per heavy atom. The summed E-state index contributed by atoms with van der Waals surface area (Å²) < 4.78 is 10.6. The number of para-hydroxylation sites is 1. The van der Waals surface area contributed by atoms with E-state index in [4.69, 9.17) is 9.15 Å². The van der Waals surface area contributed by atoms with Crippen molar-refractivity contribution < 1.29 is 13.9 Å². The van der Waals surface area contributed by atoms with E-state index in [9.17, 15) is 9.59 Å². The maximum Gasteiger partial charge on any atom is 0.362 e. The number of amides is 1. The van der Waals surface area contributed by atoms with Crippen LogP contribution in [-0.2, 0) is 11.2 Å². The van der Waals surface area contributed by atoms with Gasteiger partial charge in [-0.2, -0.15) is 0 Å². The van der Waals surface area contributed by atoms with Crippen LogP contribution in [0.3, 0.4) is 0 Å². The molecule has 4 rings (SSSR count). The minimum Gasteiger partial charge on any atom is -0.497 e. The molecule has 0 radical (unpaired) electrons. The zero-order chi connectivity index (χ0) is 20.2. The molecular weight excluding hydrogens is 368 g/mol. The standard InChI is InChI=1S/C23H24N2O4/c1-28-17-12-10-15(11-13-17)14-20(26)25-22-21(24-16-6-2-3-7-16)18-8-4-5-9-19(18)29-23(22)27/h4-5,8-13,16,24H,2-3,6-7,14H2,1H3,(H,25,26). The fraction of sp³-hybridized carbons (Fsp3) is 0.304. The number of methoxy groups -OCH3 is 1. The molecule has 29 heavy (non-hydrogen) atoms. The molecule has 1 aliphatic rings. The van der Waals surface area contributed by atoms with Gasteiger partial charge in [-0.3, -0.25) is 4.79 Å². The van der Waals surface area contributed by atoms with Gasteiger partial charge < -0.3 is 19.8 Å². The van der Waals surface area contributed by atoms with E-state index in [1.807, 2.05) is 30.3 Å². The number of carbonyl (C=O) groups excluding carboxylic acids is 1. The summed E-state index contributed by atoms with van der Waals surface area (Å²) in [7, 11) is 1.60. The highest BCUT2D eigenvalue weighted by Gasteiger charge is 2.21. The molecule has 2 aromatic carbocycles. The lowest BCUT2D eigenvalue weighted by Gasteiger charge is -2.18. The van der Waals surface area contributed by atoms with Crippen molar-refractivity contribution in [2.45, 2.75) is 38.1 Å². The molecule has 1 aliphatic carbocycles. The summed E-state index contributed by atoms with van der Waals surface area (Å²) >= 11 is 0. The van der Waals surface area contributed by atoms with Crippen molar-refractivity contribution in [1.29, 1.82) is 0 Å². The van der Waals surface area contributed by atoms with Gasteiger partial charge in [0.05, 0.1) is 19.2 Å². The molecule has 0 aliphatic heterocycles. The van der Waals surface area contributed by atoms with Gasteiger partial charge in [0.2, 0.25) is 5.91 Å². The third-order valence-corrected chi connectivity index (χ3v) is 5.30. The van der Waals surface area contributed by atoms with Crippen molar-refractivity contribution in [2.24, 2.45) is 0 Å². The number of carbonyl (C=O) groups is 1. The maximum absolute atomic E-state index is 12.7. The van der Waals surface area contributed by atoms with Crippen LogP contribution in [0.4, 0.5) is 11.4 Å². The number of ether oxygens (including phenoxy) is 1. The SMILES string of the molecule is COc1ccc(CC(=O)Nc2c(NC3CCCC3)c3ccccc3oc2=O)cc1. The number of benzene rings is 2. The second-order valence-corrected chi connectivity index (χ2v) is 7.33. The minimum absolute atomic E-state index is 0.152. The average molecular weight is 392 g/mol. The lowest BCUT2D eigenvalue weighted by atomic mass is 10.1. The van der Waals surface area contributed by atoms with E-state index in [2.05, 4.69) is 10.6 Å². The van der Waals surface area contributed by atoms with Gasteiger partial charge in [-0.05, 0) is 42.7 Å². The molecule has 150 valence electrons. The zero-order valence-corrected chi connectivity index (χ0v) is 16.4. The fourth-order valence-electron chi connectivity index (χ4n) is 3.80. The molecule has 1 fully saturated rings. The Morgan fingerprint density at radius 3 is 2.52 bits per heavy atom. The predicted molar refractivity (Wildman–Crippen MR) is 114 cm³/mol. The largest absolute Gasteiger partial charge is 0.497 e. The summed E-state index contributed by atoms with van der Waals surface area (Å²) in [6, 6.07) is 14.9. The summed E-state index contributed by atoms with van der Waals surface area (Å²) in [5.41, 5.74) is 1.61. The number of hydrogen-bond donors (Lipinski definition) is 2. The molecular formula is C23H24N2O4. The number of rotatable bonds is 6. The monoisotopic (exact) mass is 392 g/mol. The van der Waals surface area contributed by atoms with Crippen LogP contribution in [0.5, 0.6) is 5.75 Å². The van der Waals surface area contributed by atoms with Gasteiger partial charge in [0.15, 0.2) is 5.69 Å². The molecule has 1 heterocycles. The van der Waals surface area contributed by atoms with E-state index in [1.165, 1.54) is 0 Å². The first-order valence-corrected chi connectivity index (χ1v) is 9.89. The van der Waals surface area contributed by atoms with Crippen LogP contribution < -0.4 is 21.0 Å². The average Bonchev–Trinajstić information content (AvgIpc) is 3.24. The molecule has 3 aromatic rings. The van der Waals surface area contributed by atoms with Gasteiger partial charge >= 0.3 is 5.63 Å². The molecule has 2 N–H and O–H groups in total. The van der Waals surface area contributed by atoms with Gasteiger partial charge in [-0.25, -0.2) is 4.79 Å². The first-order chi connectivity index (χ1) is 14.1. The molecule has 6 nitrogen and oxygen atoms in total. The predicted octanol–water partition coefficient (Wildman–Crippen LogP) is 4.34. The molecule has 0 atom stereocenters. The van der Waals surface area contributed by atoms with Crippen molar-refractivity contribution in [1.82, 2.24) is 0 Å². The molecule has 6 heteroatoms. The van der Waals surface area contributed by atoms with Crippen LogP contribution in [0.15, 0.2) is 57.7 Å². The summed E-state index contributed by atoms with van der Waals surface area (Å²) in [6.45, 7) is 0. The van der Waals surface area contributed by atoms with E-state index in [0.717, 1.165) is 42.4 Å². The van der Waals surface area contributed by atoms with E-state index < -0.39 is 5.63 Å². The van der Waals surface area contributed by atoms with Gasteiger partial charge in [0.25, 0.3) is 0 Å². The Bertz CT molecular complexity index is 1070. The van der Waals surface area contributed by atoms with E-state index in [0.29, 0.717) is 11.3 Å². The van der Waals surface area contributed by atoms with Gasteiger partial charge in [-0.15, -0.1) is 0 Å². The van der Waals surface area contributed by atoms with Crippen molar-refractivity contribution in [3.05, 3.63) is 64.5 Å². The van der Waals surface area contributed by atoms with Gasteiger partial charge in [0.1, 0.15) is 11.3 Å². The molecule has 1 amide bonds. The number of nitrogens with one attached hydrogen (secondary N) is 2. The maximum atomic E-state index is 12.7. The van der Waals surface area contributed by atoms with E-state index in [-0.39, 0.29) is 24.1 Å². The highest BCUT2D eigenvalue weighted by atomic mass is 16.5. The smallest absolute Gasteiger partial charge is 0.362 e. The lowest BCUT2D eigenvalue weighted by Crippen LogP contribution is -2.24. The Hall–Kier alpha value is -3.28. The Labute approximate surface area is 168 Å². The molecule has 1 aromatic heterocycles. The van der Waals surface area contributed by atoms with Crippen molar-refractivity contribution in [2.75, 3.05) is 17.7 Å². The normalized spacial score (nSPS) is 14.1. The molecule has 0 saturated heterocycles. The lowest BCUT2D eigenvalue weighted by molar-refractivity contribution is -0.115. The number of hydrogen-bond acceptors (Lipinski definition) is 5. The molecule has 0 bridgehead atoms. The van der Waals surface area contributed by atoms with Crippen molar-refractivity contribution >= 4 is 28.3 Å². The first-order valence-electron chi connectivity index (χ1n) is 9.89. The summed E-state index contributed by atoms with van der Waals surface area (Å²) in [4.78, 5) is 25.3. The van der Waals surface area contributed by atoms with Crippen LogP contribution in [-0.4, -0.2) is 19.1 Å². The highest BCUT2D eigenvalue weighted by Crippen LogP contribution is 2.32. The number of anilines is 2. The third-order valence-electron chi connectivity index (χ3n) is 5.30. The number of fused-ring (bicyclic) bond motifs is 1. The quantitative estimate of drug-likeness (QED) is 0.610. The second kappa shape index (κ2) is 8.39. The second-order valence-electron chi connectivity index (χ2n) is 7.33.